The molecule has 186 valence electrons. The summed E-state index contributed by atoms with van der Waals surface area (Å²) in [4.78, 5) is 36.4. The number of carboxylic acids is 1. The molecule has 1 atom stereocenters. The van der Waals surface area contributed by atoms with E-state index in [4.69, 9.17) is 37.4 Å². The predicted octanol–water partition coefficient (Wildman–Crippen LogP) is 5.63. The summed E-state index contributed by atoms with van der Waals surface area (Å²) >= 11 is 12.3. The van der Waals surface area contributed by atoms with Gasteiger partial charge in [0.2, 0.25) is 0 Å². The van der Waals surface area contributed by atoms with Crippen LogP contribution in [-0.4, -0.2) is 56.1 Å². The number of hydrogen-bond donors (Lipinski definition) is 2. The van der Waals surface area contributed by atoms with Crippen molar-refractivity contribution in [3.05, 3.63) is 27.7 Å². The van der Waals surface area contributed by atoms with Crippen molar-refractivity contribution in [1.82, 2.24) is 5.32 Å². The maximum atomic E-state index is 12.9. The first-order valence-corrected chi connectivity index (χ1v) is 15.0. The first-order valence-electron chi connectivity index (χ1n) is 10.5. The van der Waals surface area contributed by atoms with Crippen molar-refractivity contribution in [2.24, 2.45) is 0 Å². The lowest BCUT2D eigenvalue weighted by molar-refractivity contribution is -0.139. The summed E-state index contributed by atoms with van der Waals surface area (Å²) in [6.07, 6.45) is -1.29. The Balaban J connectivity index is 2.83. The maximum absolute atomic E-state index is 12.9. The molecule has 0 saturated heterocycles. The second-order valence-corrected chi connectivity index (χ2v) is 16.1. The van der Waals surface area contributed by atoms with Crippen molar-refractivity contribution < 1.29 is 33.7 Å². The number of carbonyl (C=O) groups is 3. The molecule has 0 aliphatic rings. The van der Waals surface area contributed by atoms with Crippen LogP contribution in [0, 0.1) is 0 Å². The first-order chi connectivity index (χ1) is 15.1. The molecule has 11 heteroatoms. The van der Waals surface area contributed by atoms with Gasteiger partial charge in [0.15, 0.2) is 12.6 Å². The van der Waals surface area contributed by atoms with Crippen molar-refractivity contribution >= 4 is 49.1 Å². The van der Waals surface area contributed by atoms with E-state index in [0.29, 0.717) is 6.61 Å². The van der Waals surface area contributed by atoms with E-state index in [-0.39, 0.29) is 41.0 Å². The van der Waals surface area contributed by atoms with Gasteiger partial charge in [0.05, 0.1) is 15.6 Å². The van der Waals surface area contributed by atoms with E-state index < -0.39 is 37.6 Å². The molecule has 0 heterocycles. The molecule has 8 nitrogen and oxygen atoms in total. The summed E-state index contributed by atoms with van der Waals surface area (Å²) in [6, 6.07) is 2.65. The van der Waals surface area contributed by atoms with Crippen LogP contribution in [0.15, 0.2) is 12.1 Å². The maximum Gasteiger partial charge on any atom is 0.408 e. The van der Waals surface area contributed by atoms with Gasteiger partial charge in [0.25, 0.3) is 0 Å². The van der Waals surface area contributed by atoms with Crippen LogP contribution < -0.4 is 10.1 Å². The van der Waals surface area contributed by atoms with Crippen LogP contribution in [0.2, 0.25) is 35.7 Å². The molecule has 0 bridgehead atoms. The summed E-state index contributed by atoms with van der Waals surface area (Å²) in [5.41, 5.74) is -0.750. The van der Waals surface area contributed by atoms with Gasteiger partial charge < -0.3 is 24.6 Å². The molecule has 1 aromatic carbocycles. The Morgan fingerprint density at radius 1 is 1.15 bits per heavy atom. The predicted molar refractivity (Wildman–Crippen MR) is 130 cm³/mol. The van der Waals surface area contributed by atoms with E-state index in [1.165, 1.54) is 12.1 Å². The number of rotatable bonds is 12. The minimum Gasteiger partial charge on any atom is -0.480 e. The lowest BCUT2D eigenvalue weighted by Crippen LogP contribution is -2.43. The number of halogens is 2. The van der Waals surface area contributed by atoms with E-state index in [9.17, 15) is 19.5 Å². The van der Waals surface area contributed by atoms with Gasteiger partial charge in [-0.3, -0.25) is 4.79 Å². The number of hydrogen-bond acceptors (Lipinski definition) is 6. The second kappa shape index (κ2) is 12.6. The Bertz CT molecular complexity index is 850. The van der Waals surface area contributed by atoms with E-state index in [1.807, 2.05) is 0 Å². The van der Waals surface area contributed by atoms with Crippen LogP contribution in [0.1, 0.15) is 44.0 Å². The zero-order valence-corrected chi connectivity index (χ0v) is 22.4. The van der Waals surface area contributed by atoms with Gasteiger partial charge in [-0.15, -0.1) is 0 Å². The van der Waals surface area contributed by atoms with Gasteiger partial charge >= 0.3 is 12.1 Å². The highest BCUT2D eigenvalue weighted by atomic mass is 35.5. The van der Waals surface area contributed by atoms with Gasteiger partial charge in [-0.05, 0) is 45.4 Å². The molecule has 1 rings (SSSR count). The number of aliphatic carboxylic acids is 1. The number of carbonyl (C=O) groups excluding carboxylic acids is 2. The lowest BCUT2D eigenvalue weighted by Gasteiger charge is -2.22. The number of nitrogens with one attached hydrogen (secondary N) is 1. The van der Waals surface area contributed by atoms with Crippen LogP contribution in [0.3, 0.4) is 0 Å². The zero-order chi connectivity index (χ0) is 25.4. The number of carboxylic acid groups (broad SMARTS) is 1. The summed E-state index contributed by atoms with van der Waals surface area (Å²) in [6.45, 7) is 12.1. The molecular formula is C22H33Cl2NO7Si. The zero-order valence-electron chi connectivity index (χ0n) is 19.9. The molecular weight excluding hydrogens is 489 g/mol. The third kappa shape index (κ3) is 11.2. The largest absolute Gasteiger partial charge is 0.480 e. The molecule has 0 aromatic heterocycles. The average Bonchev–Trinajstić information content (AvgIpc) is 2.64. The van der Waals surface area contributed by atoms with Gasteiger partial charge in [0, 0.05) is 21.1 Å². The minimum absolute atomic E-state index is 0.00763. The molecule has 0 fully saturated rings. The quantitative estimate of drug-likeness (QED) is 0.159. The fourth-order valence-electron chi connectivity index (χ4n) is 2.56. The molecule has 0 saturated carbocycles. The van der Waals surface area contributed by atoms with Crippen LogP contribution in [0.5, 0.6) is 5.75 Å². The molecule has 0 spiro atoms. The topological polar surface area (TPSA) is 111 Å². The highest BCUT2D eigenvalue weighted by molar-refractivity contribution is 6.76. The molecule has 2 N–H and O–H groups in total. The third-order valence-electron chi connectivity index (χ3n) is 4.28. The van der Waals surface area contributed by atoms with E-state index in [0.717, 1.165) is 6.04 Å². The van der Waals surface area contributed by atoms with Crippen molar-refractivity contribution in [2.45, 2.75) is 70.9 Å². The molecule has 1 amide bonds. The van der Waals surface area contributed by atoms with Crippen LogP contribution in [0.4, 0.5) is 4.79 Å². The molecule has 1 unspecified atom stereocenters. The summed E-state index contributed by atoms with van der Waals surface area (Å²) in [7, 11) is -1.25. The SMILES string of the molecule is CC(C)(C)OC(=O)NC(CCC(=O)c1c(OCOCC[Si](C)(C)C)ccc(Cl)c1Cl)C(=O)O. The van der Waals surface area contributed by atoms with Crippen molar-refractivity contribution in [3.8, 4) is 5.75 Å². The highest BCUT2D eigenvalue weighted by Gasteiger charge is 2.26. The van der Waals surface area contributed by atoms with E-state index in [2.05, 4.69) is 25.0 Å². The summed E-state index contributed by atoms with van der Waals surface area (Å²) in [5, 5.41) is 11.8. The number of Topliss-reactive ketones (excluding diaryl/α,β-unsaturated/α-hetero) is 1. The van der Waals surface area contributed by atoms with Gasteiger partial charge in [-0.25, -0.2) is 9.59 Å². The standard InChI is InChI=1S/C22H33Cl2NO7Si/c1-22(2,3)32-21(29)25-15(20(27)28)8-9-16(26)18-17(10-7-14(23)19(18)24)31-13-30-11-12-33(4,5)6/h7,10,15H,8-9,11-13H2,1-6H3,(H,25,29)(H,27,28). The second-order valence-electron chi connectivity index (χ2n) is 9.71. The fraction of sp³-hybridized carbons (Fsp3) is 0.591. The Kier molecular flexibility index (Phi) is 11.2. The Morgan fingerprint density at radius 3 is 2.33 bits per heavy atom. The number of ether oxygens (including phenoxy) is 3. The van der Waals surface area contributed by atoms with Gasteiger partial charge in [-0.2, -0.15) is 0 Å². The fourth-order valence-corrected chi connectivity index (χ4v) is 3.74. The van der Waals surface area contributed by atoms with Crippen LogP contribution in [-0.2, 0) is 14.3 Å². The average molecular weight is 522 g/mol. The monoisotopic (exact) mass is 521 g/mol. The Morgan fingerprint density at radius 2 is 1.79 bits per heavy atom. The summed E-state index contributed by atoms with van der Waals surface area (Å²) in [5.74, 6) is -1.58. The number of alkyl carbamates (subject to hydrolysis) is 1. The van der Waals surface area contributed by atoms with Gasteiger partial charge in [-0.1, -0.05) is 42.8 Å². The summed E-state index contributed by atoms with van der Waals surface area (Å²) < 4.78 is 16.2. The van der Waals surface area contributed by atoms with Crippen LogP contribution >= 0.6 is 23.2 Å². The third-order valence-corrected chi connectivity index (χ3v) is 6.79. The highest BCUT2D eigenvalue weighted by Crippen LogP contribution is 2.34. The molecule has 33 heavy (non-hydrogen) atoms. The smallest absolute Gasteiger partial charge is 0.408 e. The Hall–Kier alpha value is -1.81. The van der Waals surface area contributed by atoms with Gasteiger partial charge in [0.1, 0.15) is 17.4 Å². The molecule has 0 aliphatic carbocycles. The molecule has 0 aliphatic heterocycles. The normalized spacial score (nSPS) is 12.7. The Labute approximate surface area is 205 Å². The number of ketones is 1. The number of benzene rings is 1. The van der Waals surface area contributed by atoms with E-state index >= 15 is 0 Å². The first kappa shape index (κ1) is 29.2. The van der Waals surface area contributed by atoms with Crippen LogP contribution in [0.25, 0.3) is 0 Å². The van der Waals surface area contributed by atoms with E-state index in [1.54, 1.807) is 20.8 Å². The lowest BCUT2D eigenvalue weighted by atomic mass is 10.0. The van der Waals surface area contributed by atoms with Crippen molar-refractivity contribution in [3.63, 3.8) is 0 Å². The molecule has 1 aromatic rings. The minimum atomic E-state index is -1.32. The molecule has 0 radical (unpaired) electrons. The van der Waals surface area contributed by atoms with Crippen molar-refractivity contribution in [1.29, 1.82) is 0 Å². The number of amides is 1. The van der Waals surface area contributed by atoms with Crippen molar-refractivity contribution in [2.75, 3.05) is 13.4 Å².